The van der Waals surface area contributed by atoms with E-state index in [1.54, 1.807) is 30.3 Å². The average molecular weight is 580 g/mol. The topological polar surface area (TPSA) is 147 Å². The summed E-state index contributed by atoms with van der Waals surface area (Å²) >= 11 is 0. The van der Waals surface area contributed by atoms with Crippen LogP contribution in [0.15, 0.2) is 59.5 Å². The zero-order chi connectivity index (χ0) is 28.9. The Morgan fingerprint density at radius 1 is 1.05 bits per heavy atom. The molecule has 0 unspecified atom stereocenters. The fourth-order valence-corrected chi connectivity index (χ4v) is 5.82. The molecule has 1 amide bonds. The maximum absolute atomic E-state index is 13.4. The van der Waals surface area contributed by atoms with E-state index in [9.17, 15) is 32.2 Å². The Balaban J connectivity index is 0.00000242. The standard InChI is InChI=1S/C27H27F2N3O7S.2H2/c1-16-3-10-22(30-23(16)17-4-7-19(8-5-17)40(36,37)32-25(2,14-33)15-34)31-24(35)26(11-12-26)18-6-9-20-21(13-18)39-27(28,29)38-20;;/h3-10,13,32-34H,11-12,14-15H2,1-2H3,(H,30,31,35);2*1H. The van der Waals surface area contributed by atoms with Gasteiger partial charge >= 0.3 is 6.29 Å². The Bertz CT molecular complexity index is 1580. The normalized spacial score (nSPS) is 16.9. The van der Waals surface area contributed by atoms with Gasteiger partial charge in [-0.1, -0.05) is 24.3 Å². The number of sulfonamides is 1. The van der Waals surface area contributed by atoms with Crippen molar-refractivity contribution in [2.75, 3.05) is 18.5 Å². The highest BCUT2D eigenvalue weighted by Crippen LogP contribution is 2.52. The van der Waals surface area contributed by atoms with Gasteiger partial charge in [0.1, 0.15) is 5.82 Å². The van der Waals surface area contributed by atoms with E-state index in [1.165, 1.54) is 31.2 Å². The third-order valence-corrected chi connectivity index (χ3v) is 8.65. The van der Waals surface area contributed by atoms with Crippen LogP contribution in [0.25, 0.3) is 11.3 Å². The smallest absolute Gasteiger partial charge is 0.395 e. The SMILES string of the molecule is Cc1ccc(NC(=O)C2(c3ccc4c(c3)OC(F)(F)O4)CC2)nc1-c1ccc(S(=O)(=O)NC(C)(CO)CO)cc1.[HH].[HH]. The summed E-state index contributed by atoms with van der Waals surface area (Å²) in [5.41, 5.74) is 0.0769. The van der Waals surface area contributed by atoms with Crippen molar-refractivity contribution >= 4 is 21.7 Å². The zero-order valence-electron chi connectivity index (χ0n) is 21.6. The highest BCUT2D eigenvalue weighted by molar-refractivity contribution is 7.89. The molecule has 5 rings (SSSR count). The van der Waals surface area contributed by atoms with E-state index in [0.29, 0.717) is 29.7 Å². The number of halogens is 2. The third-order valence-electron chi connectivity index (χ3n) is 6.99. The second kappa shape index (κ2) is 9.77. The number of aromatic nitrogens is 1. The number of pyridine rings is 1. The first-order valence-electron chi connectivity index (χ1n) is 12.4. The molecule has 1 fully saturated rings. The van der Waals surface area contributed by atoms with Crippen molar-refractivity contribution in [1.29, 1.82) is 0 Å². The third kappa shape index (κ3) is 5.24. The Morgan fingerprint density at radius 2 is 1.70 bits per heavy atom. The number of hydrogen-bond donors (Lipinski definition) is 4. The predicted octanol–water partition coefficient (Wildman–Crippen LogP) is 3.56. The molecule has 1 aromatic heterocycles. The van der Waals surface area contributed by atoms with E-state index < -0.39 is 40.5 Å². The van der Waals surface area contributed by atoms with Gasteiger partial charge in [-0.05, 0) is 68.1 Å². The molecule has 2 aliphatic rings. The number of fused-ring (bicyclic) bond motifs is 1. The monoisotopic (exact) mass is 579 g/mol. The van der Waals surface area contributed by atoms with Crippen LogP contribution < -0.4 is 19.5 Å². The molecule has 1 aliphatic carbocycles. The van der Waals surface area contributed by atoms with Gasteiger partial charge in [0, 0.05) is 8.42 Å². The lowest BCUT2D eigenvalue weighted by Crippen LogP contribution is -2.51. The van der Waals surface area contributed by atoms with Crippen molar-refractivity contribution in [2.24, 2.45) is 0 Å². The van der Waals surface area contributed by atoms with Crippen molar-refractivity contribution in [1.82, 2.24) is 9.71 Å². The summed E-state index contributed by atoms with van der Waals surface area (Å²) in [6.07, 6.45) is -2.72. The van der Waals surface area contributed by atoms with Crippen LogP contribution in [0.1, 0.15) is 33.7 Å². The van der Waals surface area contributed by atoms with Gasteiger partial charge in [0.2, 0.25) is 15.9 Å². The Kier molecular flexibility index (Phi) is 6.81. The van der Waals surface area contributed by atoms with Gasteiger partial charge in [-0.25, -0.2) is 18.1 Å². The number of nitrogens with zero attached hydrogens (tertiary/aromatic N) is 1. The average Bonchev–Trinajstić information content (AvgIpc) is 3.66. The van der Waals surface area contributed by atoms with E-state index in [-0.39, 0.29) is 31.0 Å². The van der Waals surface area contributed by atoms with Gasteiger partial charge in [-0.15, -0.1) is 8.78 Å². The molecule has 0 saturated heterocycles. The summed E-state index contributed by atoms with van der Waals surface area (Å²) in [4.78, 5) is 17.8. The van der Waals surface area contributed by atoms with Crippen LogP contribution in [0.3, 0.4) is 0 Å². The Morgan fingerprint density at radius 3 is 2.33 bits per heavy atom. The van der Waals surface area contributed by atoms with Crippen molar-refractivity contribution in [2.45, 2.75) is 48.8 Å². The maximum Gasteiger partial charge on any atom is 0.586 e. The Labute approximate surface area is 232 Å². The lowest BCUT2D eigenvalue weighted by Gasteiger charge is -2.25. The second-order valence-electron chi connectivity index (χ2n) is 10.2. The van der Waals surface area contributed by atoms with E-state index in [4.69, 9.17) is 0 Å². The van der Waals surface area contributed by atoms with Gasteiger partial charge in [0.15, 0.2) is 11.5 Å². The summed E-state index contributed by atoms with van der Waals surface area (Å²) in [7, 11) is -4.03. The quantitative estimate of drug-likeness (QED) is 0.301. The number of carbonyl (C=O) groups excluding carboxylic acids is 1. The van der Waals surface area contributed by atoms with E-state index in [2.05, 4.69) is 24.5 Å². The first kappa shape index (κ1) is 27.9. The molecule has 2 heterocycles. The predicted molar refractivity (Wildman–Crippen MR) is 144 cm³/mol. The first-order valence-corrected chi connectivity index (χ1v) is 13.8. The summed E-state index contributed by atoms with van der Waals surface area (Å²) in [6.45, 7) is 2.02. The van der Waals surface area contributed by atoms with Gasteiger partial charge in [0.25, 0.3) is 0 Å². The van der Waals surface area contributed by atoms with Crippen molar-refractivity contribution in [3.63, 3.8) is 0 Å². The molecule has 216 valence electrons. The molecule has 0 radical (unpaired) electrons. The molecule has 1 aliphatic heterocycles. The van der Waals surface area contributed by atoms with Gasteiger partial charge in [-0.3, -0.25) is 4.79 Å². The second-order valence-corrected chi connectivity index (χ2v) is 11.9. The van der Waals surface area contributed by atoms with Gasteiger partial charge in [-0.2, -0.15) is 0 Å². The Hall–Kier alpha value is -3.65. The molecule has 3 aromatic rings. The molecule has 10 nitrogen and oxygen atoms in total. The van der Waals surface area contributed by atoms with Crippen LogP contribution in [0.2, 0.25) is 0 Å². The number of ether oxygens (including phenoxy) is 2. The highest BCUT2D eigenvalue weighted by Gasteiger charge is 2.53. The van der Waals surface area contributed by atoms with Crippen molar-refractivity contribution in [3.8, 4) is 22.8 Å². The summed E-state index contributed by atoms with van der Waals surface area (Å²) in [5.74, 6) is -0.302. The number of amides is 1. The number of aliphatic hydroxyl groups is 2. The van der Waals surface area contributed by atoms with Gasteiger partial charge in [0.05, 0.1) is 34.8 Å². The van der Waals surface area contributed by atoms with Crippen molar-refractivity contribution in [3.05, 3.63) is 65.7 Å². The van der Waals surface area contributed by atoms with Crippen LogP contribution in [0.4, 0.5) is 14.6 Å². The molecular formula is C27H31F2N3O7S. The summed E-state index contributed by atoms with van der Waals surface area (Å²) in [5, 5.41) is 21.7. The number of aryl methyl sites for hydroxylation is 1. The van der Waals surface area contributed by atoms with Crippen LogP contribution in [-0.2, 0) is 20.2 Å². The number of rotatable bonds is 9. The fourth-order valence-electron chi connectivity index (χ4n) is 4.43. The highest BCUT2D eigenvalue weighted by atomic mass is 32.2. The molecule has 0 atom stereocenters. The lowest BCUT2D eigenvalue weighted by molar-refractivity contribution is -0.286. The van der Waals surface area contributed by atoms with Crippen LogP contribution >= 0.6 is 0 Å². The summed E-state index contributed by atoms with van der Waals surface area (Å²) in [6, 6.07) is 13.6. The number of nitrogens with one attached hydrogen (secondary N) is 2. The maximum atomic E-state index is 13.4. The molecule has 1 saturated carbocycles. The van der Waals surface area contributed by atoms with Crippen LogP contribution in [0.5, 0.6) is 11.5 Å². The van der Waals surface area contributed by atoms with Crippen LogP contribution in [-0.4, -0.2) is 54.6 Å². The minimum atomic E-state index is -4.03. The first-order chi connectivity index (χ1) is 18.8. The zero-order valence-corrected chi connectivity index (χ0v) is 22.4. The largest absolute Gasteiger partial charge is 0.586 e. The van der Waals surface area contributed by atoms with E-state index in [0.717, 1.165) is 5.56 Å². The minimum absolute atomic E-state index is 0. The number of alkyl halides is 2. The molecular weight excluding hydrogens is 548 g/mol. The molecule has 4 N–H and O–H groups in total. The minimum Gasteiger partial charge on any atom is -0.395 e. The van der Waals surface area contributed by atoms with Crippen molar-refractivity contribution < 1.29 is 44.5 Å². The van der Waals surface area contributed by atoms with E-state index in [1.807, 2.05) is 6.92 Å². The number of aliphatic hydroxyl groups excluding tert-OH is 2. The molecule has 0 bridgehead atoms. The molecule has 0 spiro atoms. The van der Waals surface area contributed by atoms with Crippen LogP contribution in [0, 0.1) is 6.92 Å². The molecule has 13 heteroatoms. The molecule has 40 heavy (non-hydrogen) atoms. The number of hydrogen-bond acceptors (Lipinski definition) is 8. The summed E-state index contributed by atoms with van der Waals surface area (Å²) < 4.78 is 63.6. The molecule has 2 aromatic carbocycles. The number of benzene rings is 2. The van der Waals surface area contributed by atoms with E-state index >= 15 is 0 Å². The lowest BCUT2D eigenvalue weighted by atomic mass is 9.94. The number of anilines is 1. The number of carbonyl (C=O) groups is 1. The van der Waals surface area contributed by atoms with Gasteiger partial charge < -0.3 is 25.0 Å². The fraction of sp³-hybridized carbons (Fsp3) is 0.333.